The Kier molecular flexibility index (Phi) is 9.11. The van der Waals surface area contributed by atoms with Gasteiger partial charge in [-0.05, 0) is 36.2 Å². The zero-order valence-corrected chi connectivity index (χ0v) is 17.4. The van der Waals surface area contributed by atoms with E-state index in [2.05, 4.69) is 5.32 Å². The van der Waals surface area contributed by atoms with Crippen LogP contribution in [-0.4, -0.2) is 41.5 Å². The lowest BCUT2D eigenvalue weighted by Gasteiger charge is -2.20. The van der Waals surface area contributed by atoms with E-state index in [1.54, 1.807) is 6.92 Å². The summed E-state index contributed by atoms with van der Waals surface area (Å²) in [6.07, 6.45) is 0.210. The molecule has 2 aromatic rings. The standard InChI is InChI=1S/C19H20ClNO4.C2H2O4/c1-2-23-19(22)10-16(14-5-3-4-6-15(14)20)21-11-13-7-8-17-18(9-13)25-12-24-17;3-1(4)2(5)6/h3-9,16,21H,2,10-12H2,1H3;(H,3,4)(H,5,6). The molecule has 10 heteroatoms. The second-order valence-corrected chi connectivity index (χ2v) is 6.67. The summed E-state index contributed by atoms with van der Waals surface area (Å²) in [4.78, 5) is 30.2. The maximum Gasteiger partial charge on any atom is 0.414 e. The zero-order valence-electron chi connectivity index (χ0n) is 16.7. The van der Waals surface area contributed by atoms with E-state index in [0.29, 0.717) is 18.2 Å². The van der Waals surface area contributed by atoms with Crippen LogP contribution in [0.5, 0.6) is 11.5 Å². The predicted octanol–water partition coefficient (Wildman–Crippen LogP) is 3.01. The quantitative estimate of drug-likeness (QED) is 0.429. The Balaban J connectivity index is 0.000000501. The van der Waals surface area contributed by atoms with Gasteiger partial charge >= 0.3 is 17.9 Å². The van der Waals surface area contributed by atoms with E-state index in [0.717, 1.165) is 22.6 Å². The van der Waals surface area contributed by atoms with Crippen LogP contribution in [0.1, 0.15) is 30.5 Å². The summed E-state index contributed by atoms with van der Waals surface area (Å²) in [6, 6.07) is 13.0. The minimum absolute atomic E-state index is 0.210. The Morgan fingerprint density at radius 2 is 1.77 bits per heavy atom. The molecule has 1 atom stereocenters. The first-order chi connectivity index (χ1) is 14.8. The molecule has 0 radical (unpaired) electrons. The maximum absolute atomic E-state index is 12.0. The maximum atomic E-state index is 12.0. The van der Waals surface area contributed by atoms with Crippen molar-refractivity contribution in [3.05, 3.63) is 58.6 Å². The molecule has 0 saturated heterocycles. The number of hydrogen-bond acceptors (Lipinski definition) is 7. The van der Waals surface area contributed by atoms with E-state index >= 15 is 0 Å². The first-order valence-electron chi connectivity index (χ1n) is 9.30. The molecule has 1 aliphatic heterocycles. The molecule has 0 bridgehead atoms. The van der Waals surface area contributed by atoms with Gasteiger partial charge in [-0.15, -0.1) is 0 Å². The van der Waals surface area contributed by atoms with Gasteiger partial charge in [-0.1, -0.05) is 35.9 Å². The molecular formula is C21H22ClNO8. The molecule has 0 fully saturated rings. The van der Waals surface area contributed by atoms with Crippen LogP contribution in [0.25, 0.3) is 0 Å². The predicted molar refractivity (Wildman–Crippen MR) is 110 cm³/mol. The number of aliphatic carboxylic acids is 2. The van der Waals surface area contributed by atoms with Crippen LogP contribution in [-0.2, 0) is 25.7 Å². The van der Waals surface area contributed by atoms with Gasteiger partial charge in [-0.3, -0.25) is 4.79 Å². The Morgan fingerprint density at radius 1 is 1.10 bits per heavy atom. The van der Waals surface area contributed by atoms with Gasteiger partial charge in [0.15, 0.2) is 11.5 Å². The first-order valence-corrected chi connectivity index (χ1v) is 9.67. The molecule has 1 aliphatic rings. The van der Waals surface area contributed by atoms with Crippen molar-refractivity contribution in [3.8, 4) is 11.5 Å². The zero-order chi connectivity index (χ0) is 22.8. The normalized spacial score (nSPS) is 12.3. The molecule has 9 nitrogen and oxygen atoms in total. The van der Waals surface area contributed by atoms with E-state index in [-0.39, 0.29) is 25.2 Å². The van der Waals surface area contributed by atoms with Crippen LogP contribution in [0.15, 0.2) is 42.5 Å². The van der Waals surface area contributed by atoms with E-state index in [1.165, 1.54) is 0 Å². The molecule has 0 amide bonds. The fourth-order valence-corrected chi connectivity index (χ4v) is 3.00. The topological polar surface area (TPSA) is 131 Å². The van der Waals surface area contributed by atoms with Gasteiger partial charge in [0.05, 0.1) is 13.0 Å². The number of carbonyl (C=O) groups is 3. The minimum atomic E-state index is -1.82. The molecular weight excluding hydrogens is 430 g/mol. The lowest BCUT2D eigenvalue weighted by atomic mass is 10.0. The third kappa shape index (κ3) is 7.47. The molecule has 0 spiro atoms. The van der Waals surface area contributed by atoms with Crippen LogP contribution >= 0.6 is 11.6 Å². The summed E-state index contributed by atoms with van der Waals surface area (Å²) in [7, 11) is 0. The van der Waals surface area contributed by atoms with Gasteiger partial charge < -0.3 is 29.7 Å². The Morgan fingerprint density at radius 3 is 2.42 bits per heavy atom. The number of halogens is 1. The number of fused-ring (bicyclic) bond motifs is 1. The van der Waals surface area contributed by atoms with Gasteiger partial charge in [0, 0.05) is 17.6 Å². The molecule has 1 unspecified atom stereocenters. The highest BCUT2D eigenvalue weighted by molar-refractivity contribution is 6.31. The fraction of sp³-hybridized carbons (Fsp3) is 0.286. The fourth-order valence-electron chi connectivity index (χ4n) is 2.73. The summed E-state index contributed by atoms with van der Waals surface area (Å²) in [6.45, 7) is 2.96. The van der Waals surface area contributed by atoms with E-state index in [4.69, 9.17) is 45.6 Å². The average molecular weight is 452 g/mol. The van der Waals surface area contributed by atoms with Crippen molar-refractivity contribution in [2.45, 2.75) is 25.9 Å². The van der Waals surface area contributed by atoms with E-state index in [9.17, 15) is 4.79 Å². The van der Waals surface area contributed by atoms with E-state index in [1.807, 2.05) is 42.5 Å². The minimum Gasteiger partial charge on any atom is -0.473 e. The smallest absolute Gasteiger partial charge is 0.414 e. The number of ether oxygens (including phenoxy) is 3. The number of esters is 1. The van der Waals surface area contributed by atoms with Crippen molar-refractivity contribution in [1.82, 2.24) is 5.32 Å². The number of benzene rings is 2. The molecule has 2 aromatic carbocycles. The van der Waals surface area contributed by atoms with Crippen molar-refractivity contribution >= 4 is 29.5 Å². The number of carbonyl (C=O) groups excluding carboxylic acids is 1. The molecule has 1 heterocycles. The van der Waals surface area contributed by atoms with Gasteiger partial charge in [-0.25, -0.2) is 9.59 Å². The van der Waals surface area contributed by atoms with Crippen molar-refractivity contribution in [3.63, 3.8) is 0 Å². The molecule has 166 valence electrons. The molecule has 3 N–H and O–H groups in total. The number of hydrogen-bond donors (Lipinski definition) is 3. The van der Waals surface area contributed by atoms with Crippen LogP contribution in [0.3, 0.4) is 0 Å². The lowest BCUT2D eigenvalue weighted by Crippen LogP contribution is -2.24. The highest BCUT2D eigenvalue weighted by Gasteiger charge is 2.20. The van der Waals surface area contributed by atoms with Crippen molar-refractivity contribution in [2.24, 2.45) is 0 Å². The second-order valence-electron chi connectivity index (χ2n) is 6.26. The summed E-state index contributed by atoms with van der Waals surface area (Å²) in [5, 5.41) is 18.8. The molecule has 0 aliphatic carbocycles. The number of rotatable bonds is 7. The van der Waals surface area contributed by atoms with Gasteiger partial charge in [0.2, 0.25) is 6.79 Å². The summed E-state index contributed by atoms with van der Waals surface area (Å²) in [5.41, 5.74) is 1.91. The molecule has 0 aromatic heterocycles. The Bertz CT molecular complexity index is 921. The third-order valence-electron chi connectivity index (χ3n) is 4.13. The summed E-state index contributed by atoms with van der Waals surface area (Å²) >= 11 is 6.31. The molecule has 0 saturated carbocycles. The van der Waals surface area contributed by atoms with E-state index < -0.39 is 11.9 Å². The SMILES string of the molecule is CCOC(=O)CC(NCc1ccc2c(c1)OCO2)c1ccccc1Cl.O=C(O)C(=O)O. The van der Waals surface area contributed by atoms with Gasteiger partial charge in [-0.2, -0.15) is 0 Å². The van der Waals surface area contributed by atoms with Crippen molar-refractivity contribution in [2.75, 3.05) is 13.4 Å². The first kappa shape index (κ1) is 24.0. The highest BCUT2D eigenvalue weighted by atomic mass is 35.5. The van der Waals surface area contributed by atoms with Crippen molar-refractivity contribution in [1.29, 1.82) is 0 Å². The van der Waals surface area contributed by atoms with Crippen molar-refractivity contribution < 1.29 is 38.8 Å². The molecule has 3 rings (SSSR count). The average Bonchev–Trinajstić information content (AvgIpc) is 3.20. The van der Waals surface area contributed by atoms with Gasteiger partial charge in [0.1, 0.15) is 0 Å². The van der Waals surface area contributed by atoms with Crippen LogP contribution in [0, 0.1) is 0 Å². The van der Waals surface area contributed by atoms with Crippen LogP contribution in [0.4, 0.5) is 0 Å². The lowest BCUT2D eigenvalue weighted by molar-refractivity contribution is -0.159. The Hall–Kier alpha value is -3.30. The number of carboxylic acids is 2. The van der Waals surface area contributed by atoms with Crippen LogP contribution < -0.4 is 14.8 Å². The van der Waals surface area contributed by atoms with Gasteiger partial charge in [0.25, 0.3) is 0 Å². The monoisotopic (exact) mass is 451 g/mol. The third-order valence-corrected chi connectivity index (χ3v) is 4.47. The largest absolute Gasteiger partial charge is 0.473 e. The summed E-state index contributed by atoms with van der Waals surface area (Å²) < 4.78 is 15.8. The summed E-state index contributed by atoms with van der Waals surface area (Å²) in [5.74, 6) is -2.42. The molecule has 31 heavy (non-hydrogen) atoms. The highest BCUT2D eigenvalue weighted by Crippen LogP contribution is 2.33. The number of nitrogens with one attached hydrogen (secondary N) is 1. The Labute approximate surface area is 183 Å². The number of carboxylic acid groups (broad SMARTS) is 2. The van der Waals surface area contributed by atoms with Crippen LogP contribution in [0.2, 0.25) is 5.02 Å². The second kappa shape index (κ2) is 11.8.